The molecule has 1 amide bonds. The predicted molar refractivity (Wildman–Crippen MR) is 65.2 cm³/mol. The number of hydrazone groups is 1. The first-order chi connectivity index (χ1) is 8.08. The molecule has 0 aromatic heterocycles. The molecule has 4 heteroatoms. The van der Waals surface area contributed by atoms with Gasteiger partial charge in [-0.2, -0.15) is 10.1 Å². The van der Waals surface area contributed by atoms with E-state index in [-0.39, 0.29) is 5.91 Å². The lowest BCUT2D eigenvalue weighted by Gasteiger charge is -2.31. The number of rotatable bonds is 2. The fourth-order valence-corrected chi connectivity index (χ4v) is 2.06. The fraction of sp³-hybridized carbons (Fsp3) is 0.385. The molecule has 0 spiro atoms. The molecule has 0 saturated carbocycles. The molecule has 1 N–H and O–H groups in total. The third kappa shape index (κ3) is 1.96. The summed E-state index contributed by atoms with van der Waals surface area (Å²) in [6, 6.07) is 9.18. The van der Waals surface area contributed by atoms with Gasteiger partial charge in [0.05, 0.1) is 0 Å². The lowest BCUT2D eigenvalue weighted by atomic mass is 9.97. The van der Waals surface area contributed by atoms with Crippen LogP contribution < -0.4 is 0 Å². The Hall–Kier alpha value is -1.68. The molecule has 2 rings (SSSR count). The standard InChI is InChI=1S/C13H16N2O2/c1-3-12(16)15-13(17,9-10(2)14-15)11-7-5-4-6-8-11/h4-8,17H,3,9H2,1-2H3/t13-/m1/s1. The number of carbonyl (C=O) groups is 1. The highest BCUT2D eigenvalue weighted by molar-refractivity contribution is 5.89. The Morgan fingerprint density at radius 3 is 2.71 bits per heavy atom. The third-order valence-corrected chi connectivity index (χ3v) is 2.90. The van der Waals surface area contributed by atoms with E-state index >= 15 is 0 Å². The van der Waals surface area contributed by atoms with Gasteiger partial charge in [0.1, 0.15) is 0 Å². The Kier molecular flexibility index (Phi) is 2.98. The van der Waals surface area contributed by atoms with Crippen LogP contribution in [-0.2, 0) is 10.5 Å². The van der Waals surface area contributed by atoms with Gasteiger partial charge in [-0.1, -0.05) is 37.3 Å². The van der Waals surface area contributed by atoms with Crippen LogP contribution >= 0.6 is 0 Å². The molecule has 1 aromatic carbocycles. The van der Waals surface area contributed by atoms with Crippen molar-refractivity contribution in [3.05, 3.63) is 35.9 Å². The first kappa shape index (κ1) is 11.8. The van der Waals surface area contributed by atoms with E-state index in [1.807, 2.05) is 37.3 Å². The lowest BCUT2D eigenvalue weighted by molar-refractivity contribution is -0.157. The Morgan fingerprint density at radius 2 is 2.12 bits per heavy atom. The van der Waals surface area contributed by atoms with Gasteiger partial charge in [-0.05, 0) is 6.92 Å². The smallest absolute Gasteiger partial charge is 0.245 e. The second-order valence-corrected chi connectivity index (χ2v) is 4.25. The monoisotopic (exact) mass is 232 g/mol. The minimum Gasteiger partial charge on any atom is -0.365 e. The van der Waals surface area contributed by atoms with E-state index in [1.165, 1.54) is 5.01 Å². The molecule has 1 atom stereocenters. The van der Waals surface area contributed by atoms with Gasteiger partial charge < -0.3 is 5.11 Å². The number of benzene rings is 1. The maximum Gasteiger partial charge on any atom is 0.245 e. The number of carbonyl (C=O) groups excluding carboxylic acids is 1. The Balaban J connectivity index is 2.40. The molecule has 90 valence electrons. The minimum atomic E-state index is -1.32. The van der Waals surface area contributed by atoms with Crippen LogP contribution in [0.4, 0.5) is 0 Å². The maximum atomic E-state index is 11.8. The second-order valence-electron chi connectivity index (χ2n) is 4.25. The summed E-state index contributed by atoms with van der Waals surface area (Å²) in [5.74, 6) is -0.173. The molecule has 0 unspecified atom stereocenters. The van der Waals surface area contributed by atoms with Crippen LogP contribution in [-0.4, -0.2) is 21.7 Å². The van der Waals surface area contributed by atoms with Crippen molar-refractivity contribution in [1.82, 2.24) is 5.01 Å². The van der Waals surface area contributed by atoms with Crippen molar-refractivity contribution in [2.75, 3.05) is 0 Å². The van der Waals surface area contributed by atoms with E-state index < -0.39 is 5.72 Å². The number of hydrogen-bond acceptors (Lipinski definition) is 3. The highest BCUT2D eigenvalue weighted by Gasteiger charge is 2.43. The van der Waals surface area contributed by atoms with E-state index in [0.29, 0.717) is 18.4 Å². The molecule has 0 fully saturated rings. The summed E-state index contributed by atoms with van der Waals surface area (Å²) in [4.78, 5) is 11.8. The van der Waals surface area contributed by atoms with E-state index in [0.717, 1.165) is 5.71 Å². The number of hydrogen-bond donors (Lipinski definition) is 1. The predicted octanol–water partition coefficient (Wildman–Crippen LogP) is 1.85. The molecule has 1 aliphatic heterocycles. The zero-order valence-corrected chi connectivity index (χ0v) is 10.1. The van der Waals surface area contributed by atoms with Crippen molar-refractivity contribution >= 4 is 11.6 Å². The van der Waals surface area contributed by atoms with Crippen molar-refractivity contribution in [3.8, 4) is 0 Å². The summed E-state index contributed by atoms with van der Waals surface area (Å²) in [6.07, 6.45) is 0.689. The highest BCUT2D eigenvalue weighted by Crippen LogP contribution is 2.35. The van der Waals surface area contributed by atoms with E-state index in [4.69, 9.17) is 0 Å². The Morgan fingerprint density at radius 1 is 1.47 bits per heavy atom. The first-order valence-corrected chi connectivity index (χ1v) is 5.73. The number of aliphatic hydroxyl groups is 1. The van der Waals surface area contributed by atoms with Crippen molar-refractivity contribution < 1.29 is 9.90 Å². The summed E-state index contributed by atoms with van der Waals surface area (Å²) in [6.45, 7) is 3.58. The molecular weight excluding hydrogens is 216 g/mol. The van der Waals surface area contributed by atoms with Crippen molar-refractivity contribution in [2.45, 2.75) is 32.4 Å². The second kappa shape index (κ2) is 4.30. The summed E-state index contributed by atoms with van der Waals surface area (Å²) in [5, 5.41) is 16.0. The minimum absolute atomic E-state index is 0.173. The SMILES string of the molecule is CCC(=O)N1N=C(C)C[C@@]1(O)c1ccccc1. The number of nitrogens with zero attached hydrogens (tertiary/aromatic N) is 2. The van der Waals surface area contributed by atoms with Crippen LogP contribution in [0.3, 0.4) is 0 Å². The zero-order valence-electron chi connectivity index (χ0n) is 10.1. The quantitative estimate of drug-likeness (QED) is 0.846. The summed E-state index contributed by atoms with van der Waals surface area (Å²) < 4.78 is 0. The first-order valence-electron chi connectivity index (χ1n) is 5.73. The van der Waals surface area contributed by atoms with Crippen LogP contribution in [0.5, 0.6) is 0 Å². The van der Waals surface area contributed by atoms with Crippen LogP contribution in [0.25, 0.3) is 0 Å². The van der Waals surface area contributed by atoms with Gasteiger partial charge in [-0.15, -0.1) is 0 Å². The van der Waals surface area contributed by atoms with Gasteiger partial charge in [-0.3, -0.25) is 4.79 Å². The molecule has 4 nitrogen and oxygen atoms in total. The van der Waals surface area contributed by atoms with Gasteiger partial charge in [0.15, 0.2) is 5.72 Å². The largest absolute Gasteiger partial charge is 0.365 e. The average Bonchev–Trinajstić information content (AvgIpc) is 2.66. The summed E-state index contributed by atoms with van der Waals surface area (Å²) >= 11 is 0. The normalized spacial score (nSPS) is 23.7. The Labute approximate surface area is 101 Å². The average molecular weight is 232 g/mol. The summed E-state index contributed by atoms with van der Waals surface area (Å²) in [5.41, 5.74) is 0.138. The molecular formula is C13H16N2O2. The molecule has 17 heavy (non-hydrogen) atoms. The van der Waals surface area contributed by atoms with Gasteiger partial charge in [0.25, 0.3) is 0 Å². The lowest BCUT2D eigenvalue weighted by Crippen LogP contribution is -2.43. The van der Waals surface area contributed by atoms with Gasteiger partial charge in [0.2, 0.25) is 5.91 Å². The third-order valence-electron chi connectivity index (χ3n) is 2.90. The van der Waals surface area contributed by atoms with Crippen LogP contribution in [0.2, 0.25) is 0 Å². The van der Waals surface area contributed by atoms with Crippen molar-refractivity contribution in [2.24, 2.45) is 5.10 Å². The van der Waals surface area contributed by atoms with Gasteiger partial charge >= 0.3 is 0 Å². The van der Waals surface area contributed by atoms with Gasteiger partial charge in [-0.25, -0.2) is 0 Å². The molecule has 0 bridgehead atoms. The molecule has 0 radical (unpaired) electrons. The van der Waals surface area contributed by atoms with E-state index in [2.05, 4.69) is 5.10 Å². The summed E-state index contributed by atoms with van der Waals surface area (Å²) in [7, 11) is 0. The molecule has 1 heterocycles. The molecule has 0 saturated heterocycles. The van der Waals surface area contributed by atoms with Crippen molar-refractivity contribution in [3.63, 3.8) is 0 Å². The Bertz CT molecular complexity index is 456. The molecule has 1 aromatic rings. The van der Waals surface area contributed by atoms with Crippen LogP contribution in [0.15, 0.2) is 35.4 Å². The van der Waals surface area contributed by atoms with Crippen molar-refractivity contribution in [1.29, 1.82) is 0 Å². The highest BCUT2D eigenvalue weighted by atomic mass is 16.3. The molecule has 0 aliphatic carbocycles. The fourth-order valence-electron chi connectivity index (χ4n) is 2.06. The van der Waals surface area contributed by atoms with Crippen LogP contribution in [0.1, 0.15) is 32.3 Å². The molecule has 1 aliphatic rings. The zero-order chi connectivity index (χ0) is 12.5. The topological polar surface area (TPSA) is 52.9 Å². The van der Waals surface area contributed by atoms with E-state index in [9.17, 15) is 9.90 Å². The number of amides is 1. The van der Waals surface area contributed by atoms with Gasteiger partial charge in [0, 0.05) is 24.1 Å². The maximum absolute atomic E-state index is 11.8. The van der Waals surface area contributed by atoms with E-state index in [1.54, 1.807) is 6.92 Å². The van der Waals surface area contributed by atoms with Crippen LogP contribution in [0, 0.1) is 0 Å².